The van der Waals surface area contributed by atoms with Crippen molar-refractivity contribution < 1.29 is 9.72 Å². The van der Waals surface area contributed by atoms with Gasteiger partial charge in [0.2, 0.25) is 0 Å². The first-order valence-corrected chi connectivity index (χ1v) is 6.29. The Kier molecular flexibility index (Phi) is 5.33. The van der Waals surface area contributed by atoms with Crippen molar-refractivity contribution in [2.45, 2.75) is 24.8 Å². The molecule has 1 aromatic rings. The summed E-state index contributed by atoms with van der Waals surface area (Å²) in [5, 5.41) is 13.5. The number of carbonyl (C=O) groups is 1. The van der Waals surface area contributed by atoms with Gasteiger partial charge in [0.15, 0.2) is 0 Å². The molecule has 1 saturated carbocycles. The van der Waals surface area contributed by atoms with E-state index < -0.39 is 10.8 Å². The minimum Gasteiger partial charge on any atom is -0.350 e. The molecule has 3 N–H and O–H groups in total. The lowest BCUT2D eigenvalue weighted by Gasteiger charge is -2.38. The number of amides is 1. The average molecular weight is 320 g/mol. The predicted octanol–water partition coefficient (Wildman–Crippen LogP) is 2.28. The third kappa shape index (κ3) is 3.82. The molecule has 6 nitrogen and oxygen atoms in total. The van der Waals surface area contributed by atoms with Gasteiger partial charge in [0.05, 0.1) is 4.92 Å². The number of nitro benzene ring substituents is 1. The zero-order valence-corrected chi connectivity index (χ0v) is 12.2. The lowest BCUT2D eigenvalue weighted by Crippen LogP contribution is -2.54. The molecule has 20 heavy (non-hydrogen) atoms. The summed E-state index contributed by atoms with van der Waals surface area (Å²) in [4.78, 5) is 22.0. The van der Waals surface area contributed by atoms with Gasteiger partial charge in [-0.25, -0.2) is 0 Å². The third-order valence-electron chi connectivity index (χ3n) is 3.31. The second-order valence-corrected chi connectivity index (χ2v) is 5.29. The fourth-order valence-electron chi connectivity index (χ4n) is 1.98. The van der Waals surface area contributed by atoms with E-state index in [4.69, 9.17) is 17.3 Å². The smallest absolute Gasteiger partial charge is 0.271 e. The fourth-order valence-corrected chi connectivity index (χ4v) is 2.21. The van der Waals surface area contributed by atoms with Crippen molar-refractivity contribution in [3.05, 3.63) is 38.9 Å². The minimum atomic E-state index is -0.584. The first-order valence-electron chi connectivity index (χ1n) is 5.92. The summed E-state index contributed by atoms with van der Waals surface area (Å²) in [6, 6.07) is 3.80. The molecule has 0 aromatic heterocycles. The summed E-state index contributed by atoms with van der Waals surface area (Å²) in [5.41, 5.74) is 5.62. The largest absolute Gasteiger partial charge is 0.350 e. The molecule has 0 bridgehead atoms. The Labute approximate surface area is 127 Å². The van der Waals surface area contributed by atoms with Crippen LogP contribution in [0.2, 0.25) is 5.02 Å². The van der Waals surface area contributed by atoms with E-state index in [0.717, 1.165) is 19.3 Å². The Morgan fingerprint density at radius 2 is 2.10 bits per heavy atom. The Morgan fingerprint density at radius 3 is 2.60 bits per heavy atom. The topological polar surface area (TPSA) is 98.3 Å². The summed E-state index contributed by atoms with van der Waals surface area (Å²) in [7, 11) is 0. The van der Waals surface area contributed by atoms with E-state index in [-0.39, 0.29) is 34.2 Å². The van der Waals surface area contributed by atoms with Crippen LogP contribution in [0.15, 0.2) is 18.2 Å². The lowest BCUT2D eigenvalue weighted by atomic mass is 9.78. The van der Waals surface area contributed by atoms with Crippen molar-refractivity contribution >= 4 is 35.6 Å². The van der Waals surface area contributed by atoms with E-state index in [2.05, 4.69) is 5.32 Å². The van der Waals surface area contributed by atoms with Crippen molar-refractivity contribution in [3.63, 3.8) is 0 Å². The van der Waals surface area contributed by atoms with Crippen molar-refractivity contribution in [2.75, 3.05) is 6.54 Å². The van der Waals surface area contributed by atoms with E-state index in [1.807, 2.05) is 0 Å². The molecular formula is C12H15Cl2N3O3. The number of halogens is 2. The molecule has 0 aliphatic heterocycles. The quantitative estimate of drug-likeness (QED) is 0.657. The average Bonchev–Trinajstić information content (AvgIpc) is 2.32. The minimum absolute atomic E-state index is 0. The number of hydrogen-bond donors (Lipinski definition) is 2. The van der Waals surface area contributed by atoms with Crippen LogP contribution in [-0.2, 0) is 0 Å². The first kappa shape index (κ1) is 16.7. The number of benzene rings is 1. The first-order chi connectivity index (χ1) is 8.89. The van der Waals surface area contributed by atoms with Gasteiger partial charge < -0.3 is 11.1 Å². The van der Waals surface area contributed by atoms with Gasteiger partial charge in [-0.05, 0) is 25.3 Å². The molecule has 110 valence electrons. The van der Waals surface area contributed by atoms with Crippen LogP contribution in [0.1, 0.15) is 29.6 Å². The predicted molar refractivity (Wildman–Crippen MR) is 78.5 cm³/mol. The van der Waals surface area contributed by atoms with Crippen molar-refractivity contribution in [2.24, 2.45) is 5.73 Å². The molecule has 8 heteroatoms. The zero-order valence-electron chi connectivity index (χ0n) is 10.6. The number of non-ortho nitro benzene ring substituents is 1. The number of carbonyl (C=O) groups excluding carboxylic acids is 1. The number of nitrogens with two attached hydrogens (primary N) is 1. The van der Waals surface area contributed by atoms with Crippen molar-refractivity contribution in [3.8, 4) is 0 Å². The number of nitrogens with zero attached hydrogens (tertiary/aromatic N) is 1. The summed E-state index contributed by atoms with van der Waals surface area (Å²) in [6.07, 6.45) is 2.82. The van der Waals surface area contributed by atoms with Crippen LogP contribution in [0.5, 0.6) is 0 Å². The molecule has 0 saturated heterocycles. The zero-order chi connectivity index (χ0) is 14.0. The van der Waals surface area contributed by atoms with Gasteiger partial charge in [-0.2, -0.15) is 0 Å². The SMILES string of the molecule is Cl.NC1(CNC(=O)c2cc(Cl)cc([N+](=O)[O-])c2)CCC1. The van der Waals surface area contributed by atoms with Crippen LogP contribution < -0.4 is 11.1 Å². The molecule has 0 heterocycles. The van der Waals surface area contributed by atoms with Gasteiger partial charge >= 0.3 is 0 Å². The fraction of sp³-hybridized carbons (Fsp3) is 0.417. The van der Waals surface area contributed by atoms with Gasteiger partial charge in [0.25, 0.3) is 11.6 Å². The number of hydrogen-bond acceptors (Lipinski definition) is 4. The second kappa shape index (κ2) is 6.39. The van der Waals surface area contributed by atoms with Crippen LogP contribution in [0.25, 0.3) is 0 Å². The van der Waals surface area contributed by atoms with Gasteiger partial charge in [0, 0.05) is 34.8 Å². The molecule has 1 amide bonds. The second-order valence-electron chi connectivity index (χ2n) is 4.85. The molecule has 1 aliphatic carbocycles. The van der Waals surface area contributed by atoms with Gasteiger partial charge in [0.1, 0.15) is 0 Å². The lowest BCUT2D eigenvalue weighted by molar-refractivity contribution is -0.384. The Morgan fingerprint density at radius 1 is 1.45 bits per heavy atom. The van der Waals surface area contributed by atoms with Crippen LogP contribution in [0.3, 0.4) is 0 Å². The molecule has 0 unspecified atom stereocenters. The molecular weight excluding hydrogens is 305 g/mol. The van der Waals surface area contributed by atoms with Gasteiger partial charge in [-0.1, -0.05) is 11.6 Å². The Balaban J connectivity index is 0.00000200. The highest BCUT2D eigenvalue weighted by atomic mass is 35.5. The number of nitrogens with one attached hydrogen (secondary N) is 1. The van der Waals surface area contributed by atoms with E-state index in [1.165, 1.54) is 18.2 Å². The normalized spacial score (nSPS) is 15.7. The van der Waals surface area contributed by atoms with E-state index in [1.54, 1.807) is 0 Å². The van der Waals surface area contributed by atoms with Crippen molar-refractivity contribution in [1.82, 2.24) is 5.32 Å². The molecule has 0 atom stereocenters. The molecule has 0 radical (unpaired) electrons. The van der Waals surface area contributed by atoms with E-state index >= 15 is 0 Å². The Bertz CT molecular complexity index is 533. The molecule has 1 fully saturated rings. The highest BCUT2D eigenvalue weighted by Gasteiger charge is 2.32. The maximum atomic E-state index is 11.9. The summed E-state index contributed by atoms with van der Waals surface area (Å²) < 4.78 is 0. The van der Waals surface area contributed by atoms with Crippen LogP contribution >= 0.6 is 24.0 Å². The molecule has 2 rings (SSSR count). The summed E-state index contributed by atoms with van der Waals surface area (Å²) >= 11 is 5.76. The van der Waals surface area contributed by atoms with E-state index in [9.17, 15) is 14.9 Å². The van der Waals surface area contributed by atoms with Crippen LogP contribution in [0.4, 0.5) is 5.69 Å². The molecule has 1 aliphatic rings. The molecule has 1 aromatic carbocycles. The number of rotatable bonds is 4. The highest BCUT2D eigenvalue weighted by molar-refractivity contribution is 6.31. The van der Waals surface area contributed by atoms with Gasteiger partial charge in [-0.3, -0.25) is 14.9 Å². The third-order valence-corrected chi connectivity index (χ3v) is 3.52. The van der Waals surface area contributed by atoms with Crippen LogP contribution in [0, 0.1) is 10.1 Å². The van der Waals surface area contributed by atoms with Crippen molar-refractivity contribution in [1.29, 1.82) is 0 Å². The highest BCUT2D eigenvalue weighted by Crippen LogP contribution is 2.28. The Hall–Kier alpha value is -1.37. The maximum absolute atomic E-state index is 11.9. The standard InChI is InChI=1S/C12H14ClN3O3.ClH/c13-9-4-8(5-10(6-9)16(18)19)11(17)15-7-12(14)2-1-3-12;/h4-6H,1-3,7,14H2,(H,15,17);1H. The van der Waals surface area contributed by atoms with Crippen LogP contribution in [-0.4, -0.2) is 22.9 Å². The van der Waals surface area contributed by atoms with E-state index in [0.29, 0.717) is 6.54 Å². The monoisotopic (exact) mass is 319 g/mol. The van der Waals surface area contributed by atoms with Gasteiger partial charge in [-0.15, -0.1) is 12.4 Å². The summed E-state index contributed by atoms with van der Waals surface area (Å²) in [6.45, 7) is 0.367. The molecule has 0 spiro atoms. The maximum Gasteiger partial charge on any atom is 0.271 e. The number of nitro groups is 1. The summed E-state index contributed by atoms with van der Waals surface area (Å²) in [5.74, 6) is -0.401.